The van der Waals surface area contributed by atoms with Crippen molar-refractivity contribution >= 4 is 26.3 Å². The summed E-state index contributed by atoms with van der Waals surface area (Å²) in [5.41, 5.74) is 1.40. The molecule has 2 heterocycles. The number of aromatic nitrogens is 4. The van der Waals surface area contributed by atoms with Crippen LogP contribution in [-0.4, -0.2) is 35.3 Å². The van der Waals surface area contributed by atoms with Crippen molar-refractivity contribution in [3.63, 3.8) is 0 Å². The molecule has 4 rings (SSSR count). The lowest BCUT2D eigenvalue weighted by Gasteiger charge is -2.12. The third kappa shape index (κ3) is 3.08. The zero-order valence-electron chi connectivity index (χ0n) is 14.7. The minimum Gasteiger partial charge on any atom is -0.496 e. The fourth-order valence-electron chi connectivity index (χ4n) is 2.85. The maximum atomic E-state index is 12.7. The molecule has 1 fully saturated rings. The quantitative estimate of drug-likeness (QED) is 0.689. The maximum Gasteiger partial charge on any atom is 0.241 e. The number of nitrogens with one attached hydrogen (secondary N) is 1. The molecule has 0 atom stereocenters. The molecule has 2 aromatic heterocycles. The SMILES string of the molecule is COc1cc(C)c(S(=O)(=O)NCc2nn3c(C4CC4)nnc3s2)cc1C. The van der Waals surface area contributed by atoms with Crippen LogP contribution in [0.1, 0.15) is 40.7 Å². The van der Waals surface area contributed by atoms with E-state index in [4.69, 9.17) is 4.74 Å². The molecule has 138 valence electrons. The molecule has 26 heavy (non-hydrogen) atoms. The Bertz CT molecular complexity index is 1080. The number of fused-ring (bicyclic) bond motifs is 1. The number of methoxy groups -OCH3 is 1. The summed E-state index contributed by atoms with van der Waals surface area (Å²) in [6, 6.07) is 3.36. The molecule has 0 radical (unpaired) electrons. The van der Waals surface area contributed by atoms with E-state index in [1.165, 1.54) is 11.3 Å². The molecule has 3 aromatic rings. The molecule has 1 aliphatic rings. The van der Waals surface area contributed by atoms with E-state index >= 15 is 0 Å². The normalized spacial score (nSPS) is 14.9. The summed E-state index contributed by atoms with van der Waals surface area (Å²) in [7, 11) is -2.09. The van der Waals surface area contributed by atoms with Crippen molar-refractivity contribution in [1.29, 1.82) is 0 Å². The Labute approximate surface area is 155 Å². The van der Waals surface area contributed by atoms with Crippen LogP contribution in [0, 0.1) is 13.8 Å². The molecule has 0 spiro atoms. The number of ether oxygens (including phenoxy) is 1. The highest BCUT2D eigenvalue weighted by Gasteiger charge is 2.30. The van der Waals surface area contributed by atoms with Crippen LogP contribution < -0.4 is 9.46 Å². The van der Waals surface area contributed by atoms with Crippen molar-refractivity contribution in [3.8, 4) is 5.75 Å². The molecule has 0 aliphatic heterocycles. The standard InChI is InChI=1S/C16H19N5O3S2/c1-9-7-13(10(2)6-12(9)24-3)26(22,23)17-8-14-20-21-15(11-4-5-11)18-19-16(21)25-14/h6-7,11,17H,4-5,8H2,1-3H3. The van der Waals surface area contributed by atoms with Crippen LogP contribution in [0.5, 0.6) is 5.75 Å². The molecule has 10 heteroatoms. The molecular weight excluding hydrogens is 374 g/mol. The van der Waals surface area contributed by atoms with Crippen molar-refractivity contribution in [2.45, 2.75) is 44.0 Å². The number of hydrogen-bond donors (Lipinski definition) is 1. The molecule has 1 N–H and O–H groups in total. The smallest absolute Gasteiger partial charge is 0.241 e. The Hall–Kier alpha value is -2.04. The van der Waals surface area contributed by atoms with Crippen LogP contribution in [0.3, 0.4) is 0 Å². The Morgan fingerprint density at radius 1 is 1.27 bits per heavy atom. The predicted octanol–water partition coefficient (Wildman–Crippen LogP) is 2.17. The highest BCUT2D eigenvalue weighted by molar-refractivity contribution is 7.89. The van der Waals surface area contributed by atoms with Crippen LogP contribution in [0.4, 0.5) is 0 Å². The molecular formula is C16H19N5O3S2. The van der Waals surface area contributed by atoms with Gasteiger partial charge in [-0.3, -0.25) is 0 Å². The molecule has 1 saturated carbocycles. The largest absolute Gasteiger partial charge is 0.496 e. The number of sulfonamides is 1. The van der Waals surface area contributed by atoms with Crippen molar-refractivity contribution in [3.05, 3.63) is 34.1 Å². The van der Waals surface area contributed by atoms with Gasteiger partial charge in [0.1, 0.15) is 10.8 Å². The Kier molecular flexibility index (Phi) is 4.20. The summed E-state index contributed by atoms with van der Waals surface area (Å²) in [5.74, 6) is 1.97. The summed E-state index contributed by atoms with van der Waals surface area (Å²) in [5, 5.41) is 13.4. The van der Waals surface area contributed by atoms with E-state index in [0.29, 0.717) is 27.2 Å². The van der Waals surface area contributed by atoms with Gasteiger partial charge in [0, 0.05) is 5.92 Å². The summed E-state index contributed by atoms with van der Waals surface area (Å²) in [4.78, 5) is 0.940. The van der Waals surface area contributed by atoms with E-state index in [9.17, 15) is 8.42 Å². The first kappa shape index (κ1) is 17.4. The molecule has 8 nitrogen and oxygen atoms in total. The minimum absolute atomic E-state index is 0.116. The molecule has 0 unspecified atom stereocenters. The van der Waals surface area contributed by atoms with Gasteiger partial charge in [-0.15, -0.1) is 10.2 Å². The second-order valence-electron chi connectivity index (χ2n) is 6.43. The number of aryl methyl sites for hydroxylation is 2. The summed E-state index contributed by atoms with van der Waals surface area (Å²) >= 11 is 1.34. The Morgan fingerprint density at radius 2 is 2.04 bits per heavy atom. The Balaban J connectivity index is 1.56. The van der Waals surface area contributed by atoms with E-state index in [0.717, 1.165) is 24.2 Å². The van der Waals surface area contributed by atoms with Gasteiger partial charge in [-0.25, -0.2) is 13.1 Å². The second-order valence-corrected chi connectivity index (χ2v) is 9.21. The van der Waals surface area contributed by atoms with E-state index in [1.807, 2.05) is 6.92 Å². The third-order valence-electron chi connectivity index (χ3n) is 4.39. The molecule has 1 aromatic carbocycles. The lowest BCUT2D eigenvalue weighted by atomic mass is 10.1. The zero-order chi connectivity index (χ0) is 18.5. The van der Waals surface area contributed by atoms with Gasteiger partial charge < -0.3 is 4.74 Å². The lowest BCUT2D eigenvalue weighted by Crippen LogP contribution is -2.24. The first-order valence-electron chi connectivity index (χ1n) is 8.25. The van der Waals surface area contributed by atoms with Gasteiger partial charge in [-0.2, -0.15) is 9.61 Å². The van der Waals surface area contributed by atoms with E-state index in [2.05, 4.69) is 20.0 Å². The molecule has 0 bridgehead atoms. The Morgan fingerprint density at radius 3 is 2.73 bits per heavy atom. The van der Waals surface area contributed by atoms with Gasteiger partial charge in [-0.1, -0.05) is 11.3 Å². The third-order valence-corrected chi connectivity index (χ3v) is 6.84. The highest BCUT2D eigenvalue weighted by atomic mass is 32.2. The zero-order valence-corrected chi connectivity index (χ0v) is 16.3. The average Bonchev–Trinajstić information content (AvgIpc) is 3.24. The van der Waals surface area contributed by atoms with Crippen LogP contribution in [-0.2, 0) is 16.6 Å². The molecule has 0 saturated heterocycles. The summed E-state index contributed by atoms with van der Waals surface area (Å²) in [6.45, 7) is 3.69. The van der Waals surface area contributed by atoms with Gasteiger partial charge in [0.25, 0.3) is 0 Å². The number of nitrogens with zero attached hydrogens (tertiary/aromatic N) is 4. The fraction of sp³-hybridized carbons (Fsp3) is 0.438. The van der Waals surface area contributed by atoms with Gasteiger partial charge in [-0.05, 0) is 49.9 Å². The minimum atomic E-state index is -3.66. The number of rotatable bonds is 6. The predicted molar refractivity (Wildman–Crippen MR) is 97.1 cm³/mol. The van der Waals surface area contributed by atoms with Crippen LogP contribution in [0.15, 0.2) is 17.0 Å². The van der Waals surface area contributed by atoms with Gasteiger partial charge in [0.2, 0.25) is 15.0 Å². The maximum absolute atomic E-state index is 12.7. The highest BCUT2D eigenvalue weighted by Crippen LogP contribution is 2.39. The first-order chi connectivity index (χ1) is 12.4. The van der Waals surface area contributed by atoms with Crippen molar-refractivity contribution in [1.82, 2.24) is 24.5 Å². The van der Waals surface area contributed by atoms with Gasteiger partial charge in [0.05, 0.1) is 18.6 Å². The van der Waals surface area contributed by atoms with Crippen molar-refractivity contribution in [2.75, 3.05) is 7.11 Å². The fourth-order valence-corrected chi connectivity index (χ4v) is 5.01. The summed E-state index contributed by atoms with van der Waals surface area (Å²) < 4.78 is 35.0. The van der Waals surface area contributed by atoms with Crippen LogP contribution in [0.2, 0.25) is 0 Å². The van der Waals surface area contributed by atoms with Crippen molar-refractivity contribution < 1.29 is 13.2 Å². The number of hydrogen-bond acceptors (Lipinski definition) is 7. The van der Waals surface area contributed by atoms with E-state index in [1.54, 1.807) is 30.7 Å². The van der Waals surface area contributed by atoms with E-state index in [-0.39, 0.29) is 11.4 Å². The van der Waals surface area contributed by atoms with Gasteiger partial charge in [0.15, 0.2) is 5.82 Å². The second kappa shape index (κ2) is 6.29. The number of benzene rings is 1. The molecule has 1 aliphatic carbocycles. The van der Waals surface area contributed by atoms with E-state index < -0.39 is 10.0 Å². The van der Waals surface area contributed by atoms with Gasteiger partial charge >= 0.3 is 0 Å². The van der Waals surface area contributed by atoms with Crippen molar-refractivity contribution in [2.24, 2.45) is 0 Å². The van der Waals surface area contributed by atoms with Crippen LogP contribution in [0.25, 0.3) is 4.96 Å². The molecule has 0 amide bonds. The monoisotopic (exact) mass is 393 g/mol. The summed E-state index contributed by atoms with van der Waals surface area (Å²) in [6.07, 6.45) is 2.22. The average molecular weight is 393 g/mol. The lowest BCUT2D eigenvalue weighted by molar-refractivity contribution is 0.411. The first-order valence-corrected chi connectivity index (χ1v) is 10.5. The van der Waals surface area contributed by atoms with Crippen LogP contribution >= 0.6 is 11.3 Å². The topological polar surface area (TPSA) is 98.5 Å².